The number of hydrogen-bond acceptors (Lipinski definition) is 3. The Labute approximate surface area is 110 Å². The summed E-state index contributed by atoms with van der Waals surface area (Å²) in [5, 5.41) is 3.37. The number of nitrogens with one attached hydrogen (secondary N) is 1. The quantitative estimate of drug-likeness (QED) is 0.808. The molecule has 3 nitrogen and oxygen atoms in total. The molecule has 0 bridgehead atoms. The maximum absolute atomic E-state index is 5.40. The number of benzene rings is 1. The molecule has 0 aromatic heterocycles. The average Bonchev–Trinajstić information content (AvgIpc) is 2.38. The second-order valence-electron chi connectivity index (χ2n) is 4.86. The molecule has 1 N–H and O–H groups in total. The molecule has 0 radical (unpaired) electrons. The first-order valence-electron chi connectivity index (χ1n) is 6.50. The minimum Gasteiger partial charge on any atom is -0.497 e. The maximum Gasteiger partial charge on any atom is 0.122 e. The van der Waals surface area contributed by atoms with Crippen molar-refractivity contribution >= 4 is 0 Å². The van der Waals surface area contributed by atoms with Crippen molar-refractivity contribution < 1.29 is 9.47 Å². The van der Waals surface area contributed by atoms with Crippen molar-refractivity contribution in [2.75, 3.05) is 21.3 Å². The van der Waals surface area contributed by atoms with Crippen molar-refractivity contribution in [3.05, 3.63) is 23.8 Å². The lowest BCUT2D eigenvalue weighted by atomic mass is 9.96. The van der Waals surface area contributed by atoms with Gasteiger partial charge in [0, 0.05) is 6.04 Å². The van der Waals surface area contributed by atoms with E-state index >= 15 is 0 Å². The lowest BCUT2D eigenvalue weighted by Gasteiger charge is -2.20. The molecule has 0 saturated heterocycles. The Balaban J connectivity index is 2.75. The molecular formula is C15H25NO2. The lowest BCUT2D eigenvalue weighted by Crippen LogP contribution is -2.31. The molecule has 1 atom stereocenters. The van der Waals surface area contributed by atoms with Gasteiger partial charge in [-0.15, -0.1) is 0 Å². The van der Waals surface area contributed by atoms with E-state index in [9.17, 15) is 0 Å². The molecule has 0 spiro atoms. The second-order valence-corrected chi connectivity index (χ2v) is 4.86. The molecule has 0 saturated carbocycles. The van der Waals surface area contributed by atoms with E-state index < -0.39 is 0 Å². The Morgan fingerprint density at radius 1 is 1.17 bits per heavy atom. The first-order valence-corrected chi connectivity index (χ1v) is 6.50. The van der Waals surface area contributed by atoms with Crippen LogP contribution < -0.4 is 14.8 Å². The zero-order valence-corrected chi connectivity index (χ0v) is 12.1. The Kier molecular flexibility index (Phi) is 5.99. The topological polar surface area (TPSA) is 30.5 Å². The van der Waals surface area contributed by atoms with E-state index in [4.69, 9.17) is 9.47 Å². The maximum atomic E-state index is 5.40. The minimum absolute atomic E-state index is 0.529. The molecule has 18 heavy (non-hydrogen) atoms. The third-order valence-corrected chi connectivity index (χ3v) is 3.39. The minimum atomic E-state index is 0.529. The third kappa shape index (κ3) is 3.91. The highest BCUT2D eigenvalue weighted by atomic mass is 16.5. The van der Waals surface area contributed by atoms with Crippen LogP contribution in [0.3, 0.4) is 0 Å². The van der Waals surface area contributed by atoms with Gasteiger partial charge in [-0.2, -0.15) is 0 Å². The van der Waals surface area contributed by atoms with Crippen LogP contribution in [0.2, 0.25) is 0 Å². The Bertz CT molecular complexity index is 364. The monoisotopic (exact) mass is 251 g/mol. The van der Waals surface area contributed by atoms with Gasteiger partial charge >= 0.3 is 0 Å². The predicted octanol–water partition coefficient (Wildman–Crippen LogP) is 2.88. The molecule has 102 valence electrons. The van der Waals surface area contributed by atoms with E-state index in [1.165, 1.54) is 5.56 Å². The first-order chi connectivity index (χ1) is 8.62. The summed E-state index contributed by atoms with van der Waals surface area (Å²) in [6, 6.07) is 6.49. The highest BCUT2D eigenvalue weighted by Crippen LogP contribution is 2.26. The van der Waals surface area contributed by atoms with Crippen molar-refractivity contribution in [1.82, 2.24) is 5.32 Å². The molecule has 1 unspecified atom stereocenters. The van der Waals surface area contributed by atoms with E-state index in [1.807, 2.05) is 19.2 Å². The van der Waals surface area contributed by atoms with E-state index in [0.717, 1.165) is 24.3 Å². The Morgan fingerprint density at radius 2 is 1.89 bits per heavy atom. The van der Waals surface area contributed by atoms with Crippen LogP contribution in [-0.4, -0.2) is 27.3 Å². The molecule has 1 aromatic carbocycles. The highest BCUT2D eigenvalue weighted by Gasteiger charge is 2.12. The molecule has 0 aliphatic heterocycles. The number of methoxy groups -OCH3 is 2. The van der Waals surface area contributed by atoms with E-state index in [1.54, 1.807) is 14.2 Å². The van der Waals surface area contributed by atoms with Gasteiger partial charge in [-0.05, 0) is 49.6 Å². The SMILES string of the molecule is CNC(CCc1cc(OC)ccc1OC)C(C)C. The summed E-state index contributed by atoms with van der Waals surface area (Å²) < 4.78 is 10.7. The fourth-order valence-corrected chi connectivity index (χ4v) is 2.20. The number of rotatable bonds is 7. The summed E-state index contributed by atoms with van der Waals surface area (Å²) in [5.41, 5.74) is 1.21. The van der Waals surface area contributed by atoms with E-state index in [2.05, 4.69) is 25.2 Å². The molecule has 0 aliphatic carbocycles. The second kappa shape index (κ2) is 7.27. The summed E-state index contributed by atoms with van der Waals surface area (Å²) in [5.74, 6) is 2.46. The molecule has 0 fully saturated rings. The summed E-state index contributed by atoms with van der Waals surface area (Å²) >= 11 is 0. The molecule has 3 heteroatoms. The van der Waals surface area contributed by atoms with E-state index in [-0.39, 0.29) is 0 Å². The molecule has 1 aromatic rings. The van der Waals surface area contributed by atoms with Crippen LogP contribution in [0.15, 0.2) is 18.2 Å². The molecule has 0 amide bonds. The van der Waals surface area contributed by atoms with Crippen molar-refractivity contribution in [2.45, 2.75) is 32.7 Å². The molecule has 0 heterocycles. The van der Waals surface area contributed by atoms with Gasteiger partial charge in [0.1, 0.15) is 11.5 Å². The summed E-state index contributed by atoms with van der Waals surface area (Å²) in [4.78, 5) is 0. The average molecular weight is 251 g/mol. The molecular weight excluding hydrogens is 226 g/mol. The van der Waals surface area contributed by atoms with E-state index in [0.29, 0.717) is 12.0 Å². The van der Waals surface area contributed by atoms with Gasteiger partial charge in [0.2, 0.25) is 0 Å². The van der Waals surface area contributed by atoms with Gasteiger partial charge < -0.3 is 14.8 Å². The fourth-order valence-electron chi connectivity index (χ4n) is 2.20. The Hall–Kier alpha value is -1.22. The van der Waals surface area contributed by atoms with Gasteiger partial charge in [-0.25, -0.2) is 0 Å². The van der Waals surface area contributed by atoms with Gasteiger partial charge in [-0.1, -0.05) is 13.8 Å². The van der Waals surface area contributed by atoms with Crippen molar-refractivity contribution in [1.29, 1.82) is 0 Å². The zero-order valence-electron chi connectivity index (χ0n) is 12.1. The van der Waals surface area contributed by atoms with Crippen molar-refractivity contribution in [3.63, 3.8) is 0 Å². The fraction of sp³-hybridized carbons (Fsp3) is 0.600. The van der Waals surface area contributed by atoms with Gasteiger partial charge in [0.25, 0.3) is 0 Å². The van der Waals surface area contributed by atoms with Crippen LogP contribution in [0.4, 0.5) is 0 Å². The number of ether oxygens (including phenoxy) is 2. The van der Waals surface area contributed by atoms with Gasteiger partial charge in [0.05, 0.1) is 14.2 Å². The molecule has 1 rings (SSSR count). The van der Waals surface area contributed by atoms with Crippen LogP contribution in [0.5, 0.6) is 11.5 Å². The summed E-state index contributed by atoms with van der Waals surface area (Å²) in [7, 11) is 5.42. The summed E-state index contributed by atoms with van der Waals surface area (Å²) in [6.45, 7) is 4.48. The third-order valence-electron chi connectivity index (χ3n) is 3.39. The van der Waals surface area contributed by atoms with Crippen LogP contribution in [0.25, 0.3) is 0 Å². The predicted molar refractivity (Wildman–Crippen MR) is 75.6 cm³/mol. The normalized spacial score (nSPS) is 12.6. The number of hydrogen-bond donors (Lipinski definition) is 1. The lowest BCUT2D eigenvalue weighted by molar-refractivity contribution is 0.384. The molecule has 0 aliphatic rings. The summed E-state index contributed by atoms with van der Waals surface area (Å²) in [6.07, 6.45) is 2.09. The van der Waals surface area contributed by atoms with Crippen LogP contribution in [-0.2, 0) is 6.42 Å². The van der Waals surface area contributed by atoms with Crippen LogP contribution in [0.1, 0.15) is 25.8 Å². The van der Waals surface area contributed by atoms with Crippen molar-refractivity contribution in [2.24, 2.45) is 5.92 Å². The van der Waals surface area contributed by atoms with Crippen molar-refractivity contribution in [3.8, 4) is 11.5 Å². The smallest absolute Gasteiger partial charge is 0.122 e. The van der Waals surface area contributed by atoms with Crippen LogP contribution >= 0.6 is 0 Å². The van der Waals surface area contributed by atoms with Gasteiger partial charge in [0.15, 0.2) is 0 Å². The number of aryl methyl sites for hydroxylation is 1. The first kappa shape index (κ1) is 14.8. The standard InChI is InChI=1S/C15H25NO2/c1-11(2)14(16-3)8-6-12-10-13(17-4)7-9-15(12)18-5/h7,9-11,14,16H,6,8H2,1-5H3. The van der Waals surface area contributed by atoms with Gasteiger partial charge in [-0.3, -0.25) is 0 Å². The zero-order chi connectivity index (χ0) is 13.5. The van der Waals surface area contributed by atoms with Crippen LogP contribution in [0, 0.1) is 5.92 Å². The highest BCUT2D eigenvalue weighted by molar-refractivity contribution is 5.40. The Morgan fingerprint density at radius 3 is 2.39 bits per heavy atom. The largest absolute Gasteiger partial charge is 0.497 e.